The van der Waals surface area contributed by atoms with Gasteiger partial charge in [0, 0.05) is 51.7 Å². The molecule has 0 bridgehead atoms. The van der Waals surface area contributed by atoms with Crippen LogP contribution in [0.3, 0.4) is 0 Å². The summed E-state index contributed by atoms with van der Waals surface area (Å²) in [6.45, 7) is 7.15. The van der Waals surface area contributed by atoms with Gasteiger partial charge in [-0.2, -0.15) is 0 Å². The summed E-state index contributed by atoms with van der Waals surface area (Å²) in [6, 6.07) is 15.1. The smallest absolute Gasteiger partial charge is 0.0312 e. The van der Waals surface area contributed by atoms with Crippen molar-refractivity contribution in [2.75, 3.05) is 26.2 Å². The molecular weight excluding hydrogens is 270 g/mol. The number of likely N-dealkylation sites (tertiary alicyclic amines) is 2. The SMILES string of the molecule is c1ccc(CN2CC3CN(Cc4cccnc4)CC3C2)cc1. The molecule has 2 unspecified atom stereocenters. The van der Waals surface area contributed by atoms with Crippen molar-refractivity contribution in [3.05, 3.63) is 66.0 Å². The number of nitrogens with zero attached hydrogens (tertiary/aromatic N) is 3. The monoisotopic (exact) mass is 293 g/mol. The van der Waals surface area contributed by atoms with Crippen LogP contribution in [0.2, 0.25) is 0 Å². The molecule has 4 rings (SSSR count). The van der Waals surface area contributed by atoms with Crippen LogP contribution in [0, 0.1) is 11.8 Å². The van der Waals surface area contributed by atoms with Crippen LogP contribution in [0.1, 0.15) is 11.1 Å². The average molecular weight is 293 g/mol. The topological polar surface area (TPSA) is 19.4 Å². The Balaban J connectivity index is 1.31. The van der Waals surface area contributed by atoms with Crippen LogP contribution >= 0.6 is 0 Å². The Morgan fingerprint density at radius 1 is 0.773 bits per heavy atom. The van der Waals surface area contributed by atoms with Crippen LogP contribution in [-0.2, 0) is 13.1 Å². The third-order valence-electron chi connectivity index (χ3n) is 5.02. The molecule has 0 aliphatic carbocycles. The number of hydrogen-bond donors (Lipinski definition) is 0. The van der Waals surface area contributed by atoms with E-state index >= 15 is 0 Å². The molecule has 1 aromatic carbocycles. The van der Waals surface area contributed by atoms with Gasteiger partial charge in [-0.3, -0.25) is 14.8 Å². The lowest BCUT2D eigenvalue weighted by atomic mass is 10.0. The molecule has 0 spiro atoms. The van der Waals surface area contributed by atoms with Gasteiger partial charge in [-0.15, -0.1) is 0 Å². The number of aromatic nitrogens is 1. The van der Waals surface area contributed by atoms with Crippen LogP contribution in [0.25, 0.3) is 0 Å². The van der Waals surface area contributed by atoms with E-state index in [4.69, 9.17) is 0 Å². The first-order valence-electron chi connectivity index (χ1n) is 8.24. The van der Waals surface area contributed by atoms with Gasteiger partial charge in [0.25, 0.3) is 0 Å². The molecule has 22 heavy (non-hydrogen) atoms. The Hall–Kier alpha value is -1.71. The fourth-order valence-corrected chi connectivity index (χ4v) is 4.04. The van der Waals surface area contributed by atoms with Gasteiger partial charge in [0.1, 0.15) is 0 Å². The molecule has 114 valence electrons. The average Bonchev–Trinajstić information content (AvgIpc) is 3.07. The van der Waals surface area contributed by atoms with Crippen LogP contribution in [0.5, 0.6) is 0 Å². The van der Waals surface area contributed by atoms with Gasteiger partial charge < -0.3 is 0 Å². The zero-order chi connectivity index (χ0) is 14.8. The third kappa shape index (κ3) is 3.06. The summed E-state index contributed by atoms with van der Waals surface area (Å²) in [6.07, 6.45) is 3.85. The molecule has 0 saturated carbocycles. The normalized spacial score (nSPS) is 25.5. The van der Waals surface area contributed by atoms with E-state index in [9.17, 15) is 0 Å². The molecule has 3 nitrogen and oxygen atoms in total. The highest BCUT2D eigenvalue weighted by Crippen LogP contribution is 2.32. The first kappa shape index (κ1) is 13.9. The molecule has 2 aliphatic rings. The summed E-state index contributed by atoms with van der Waals surface area (Å²) in [5, 5.41) is 0. The van der Waals surface area contributed by atoms with Crippen molar-refractivity contribution in [3.63, 3.8) is 0 Å². The quantitative estimate of drug-likeness (QED) is 0.864. The molecule has 2 saturated heterocycles. The molecule has 2 aromatic rings. The van der Waals surface area contributed by atoms with E-state index < -0.39 is 0 Å². The second-order valence-corrected chi connectivity index (χ2v) is 6.76. The number of rotatable bonds is 4. The molecular formula is C19H23N3. The highest BCUT2D eigenvalue weighted by atomic mass is 15.2. The largest absolute Gasteiger partial charge is 0.298 e. The molecule has 2 fully saturated rings. The minimum atomic E-state index is 0.848. The predicted octanol–water partition coefficient (Wildman–Crippen LogP) is 2.65. The van der Waals surface area contributed by atoms with Gasteiger partial charge in [0.2, 0.25) is 0 Å². The highest BCUT2D eigenvalue weighted by molar-refractivity contribution is 5.15. The Morgan fingerprint density at radius 3 is 1.95 bits per heavy atom. The van der Waals surface area contributed by atoms with E-state index in [-0.39, 0.29) is 0 Å². The van der Waals surface area contributed by atoms with Crippen LogP contribution in [-0.4, -0.2) is 41.0 Å². The Kier molecular flexibility index (Phi) is 3.92. The van der Waals surface area contributed by atoms with Crippen LogP contribution in [0.4, 0.5) is 0 Å². The fraction of sp³-hybridized carbons (Fsp3) is 0.421. The number of benzene rings is 1. The minimum absolute atomic E-state index is 0.848. The summed E-state index contributed by atoms with van der Waals surface area (Å²) < 4.78 is 0. The van der Waals surface area contributed by atoms with Gasteiger partial charge in [0.15, 0.2) is 0 Å². The molecule has 0 radical (unpaired) electrons. The molecule has 2 atom stereocenters. The maximum atomic E-state index is 4.22. The van der Waals surface area contributed by atoms with Crippen molar-refractivity contribution in [1.29, 1.82) is 0 Å². The zero-order valence-electron chi connectivity index (χ0n) is 12.9. The standard InChI is InChI=1S/C19H23N3/c1-2-5-16(6-3-1)10-21-12-18-14-22(15-19(18)13-21)11-17-7-4-8-20-9-17/h1-9,18-19H,10-15H2. The second kappa shape index (κ2) is 6.19. The van der Waals surface area contributed by atoms with Crippen LogP contribution in [0.15, 0.2) is 54.9 Å². The van der Waals surface area contributed by atoms with E-state index in [2.05, 4.69) is 51.2 Å². The molecule has 1 aromatic heterocycles. The van der Waals surface area contributed by atoms with Crippen molar-refractivity contribution < 1.29 is 0 Å². The van der Waals surface area contributed by atoms with E-state index in [0.717, 1.165) is 24.9 Å². The summed E-state index contributed by atoms with van der Waals surface area (Å²) in [5.74, 6) is 1.70. The predicted molar refractivity (Wildman–Crippen MR) is 88.2 cm³/mol. The lowest BCUT2D eigenvalue weighted by molar-refractivity contribution is 0.246. The lowest BCUT2D eigenvalue weighted by Crippen LogP contribution is -2.28. The van der Waals surface area contributed by atoms with Gasteiger partial charge in [-0.25, -0.2) is 0 Å². The first-order chi connectivity index (χ1) is 10.9. The number of pyridine rings is 1. The molecule has 0 N–H and O–H groups in total. The highest BCUT2D eigenvalue weighted by Gasteiger charge is 2.39. The molecule has 2 aliphatic heterocycles. The minimum Gasteiger partial charge on any atom is -0.298 e. The maximum absolute atomic E-state index is 4.22. The Morgan fingerprint density at radius 2 is 1.36 bits per heavy atom. The first-order valence-corrected chi connectivity index (χ1v) is 8.24. The van der Waals surface area contributed by atoms with Crippen molar-refractivity contribution in [2.24, 2.45) is 11.8 Å². The van der Waals surface area contributed by atoms with Crippen molar-refractivity contribution in [2.45, 2.75) is 13.1 Å². The maximum Gasteiger partial charge on any atom is 0.0312 e. The third-order valence-corrected chi connectivity index (χ3v) is 5.02. The molecule has 3 heterocycles. The number of hydrogen-bond acceptors (Lipinski definition) is 3. The summed E-state index contributed by atoms with van der Waals surface area (Å²) >= 11 is 0. The van der Waals surface area contributed by atoms with Crippen molar-refractivity contribution in [3.8, 4) is 0 Å². The van der Waals surface area contributed by atoms with Gasteiger partial charge >= 0.3 is 0 Å². The van der Waals surface area contributed by atoms with Crippen molar-refractivity contribution >= 4 is 0 Å². The van der Waals surface area contributed by atoms with Gasteiger partial charge in [-0.05, 0) is 29.0 Å². The van der Waals surface area contributed by atoms with E-state index in [0.29, 0.717) is 0 Å². The number of fused-ring (bicyclic) bond motifs is 1. The zero-order valence-corrected chi connectivity index (χ0v) is 12.9. The Bertz CT molecular complexity index is 531. The summed E-state index contributed by atoms with van der Waals surface area (Å²) in [4.78, 5) is 9.46. The Labute approximate surface area is 132 Å². The van der Waals surface area contributed by atoms with Crippen LogP contribution < -0.4 is 0 Å². The van der Waals surface area contributed by atoms with E-state index in [1.165, 1.54) is 37.3 Å². The van der Waals surface area contributed by atoms with Gasteiger partial charge in [0.05, 0.1) is 0 Å². The second-order valence-electron chi connectivity index (χ2n) is 6.76. The van der Waals surface area contributed by atoms with E-state index in [1.54, 1.807) is 0 Å². The summed E-state index contributed by atoms with van der Waals surface area (Å²) in [5.41, 5.74) is 2.78. The molecule has 3 heteroatoms. The lowest BCUT2D eigenvalue weighted by Gasteiger charge is -2.21. The molecule has 0 amide bonds. The van der Waals surface area contributed by atoms with Gasteiger partial charge in [-0.1, -0.05) is 36.4 Å². The van der Waals surface area contributed by atoms with E-state index in [1.807, 2.05) is 18.5 Å². The fourth-order valence-electron chi connectivity index (χ4n) is 4.04. The summed E-state index contributed by atoms with van der Waals surface area (Å²) in [7, 11) is 0. The van der Waals surface area contributed by atoms with Crippen molar-refractivity contribution in [1.82, 2.24) is 14.8 Å².